The fraction of sp³-hybridized carbons (Fsp3) is 0.455. The summed E-state index contributed by atoms with van der Waals surface area (Å²) in [6.07, 6.45) is 0.794. The summed E-state index contributed by atoms with van der Waals surface area (Å²) in [5, 5.41) is 5.09. The minimum absolute atomic E-state index is 0.0850. The zero-order valence-electron chi connectivity index (χ0n) is 17.7. The lowest BCUT2D eigenvalue weighted by Crippen LogP contribution is -2.50. The Hall–Kier alpha value is -3.36. The van der Waals surface area contributed by atoms with E-state index in [4.69, 9.17) is 9.47 Å². The van der Waals surface area contributed by atoms with Gasteiger partial charge in [-0.1, -0.05) is 30.3 Å². The maximum atomic E-state index is 12.6. The summed E-state index contributed by atoms with van der Waals surface area (Å²) in [5.74, 6) is -1.79. The molecule has 2 atom stereocenters. The predicted octanol–water partition coefficient (Wildman–Crippen LogP) is 1.14. The normalized spacial score (nSPS) is 20.9. The summed E-state index contributed by atoms with van der Waals surface area (Å²) in [4.78, 5) is 50.5. The van der Waals surface area contributed by atoms with Crippen molar-refractivity contribution in [1.29, 1.82) is 0 Å². The fourth-order valence-corrected chi connectivity index (χ4v) is 3.71. The number of benzene rings is 1. The molecule has 3 amide bonds. The van der Waals surface area contributed by atoms with E-state index in [9.17, 15) is 19.2 Å². The average Bonchev–Trinajstić information content (AvgIpc) is 3.11. The van der Waals surface area contributed by atoms with Gasteiger partial charge in [0.2, 0.25) is 5.91 Å². The monoisotopic (exact) mass is 429 g/mol. The van der Waals surface area contributed by atoms with Crippen LogP contribution in [0.4, 0.5) is 4.79 Å². The van der Waals surface area contributed by atoms with E-state index in [-0.39, 0.29) is 36.8 Å². The Morgan fingerprint density at radius 3 is 2.61 bits per heavy atom. The standard InChI is InChI=1S/C22H27N3O6/c1-3-30-21(28)19-14(2)23-22(29)24-17(19)13-31-20(27)16-11-18(26)25(12-16)10-9-15-7-5-4-6-8-15/h4-8,14,16H,3,9-13H2,1-2H3,(H2,23,24,29)/t14-,16+/m0/s1. The Balaban J connectivity index is 1.58. The van der Waals surface area contributed by atoms with E-state index in [1.54, 1.807) is 18.7 Å². The molecule has 3 rings (SSSR count). The summed E-state index contributed by atoms with van der Waals surface area (Å²) < 4.78 is 10.4. The number of hydrogen-bond acceptors (Lipinski definition) is 6. The molecule has 1 saturated heterocycles. The summed E-state index contributed by atoms with van der Waals surface area (Å²) in [7, 11) is 0. The number of likely N-dealkylation sites (tertiary alicyclic amines) is 1. The van der Waals surface area contributed by atoms with Crippen LogP contribution in [0.3, 0.4) is 0 Å². The molecule has 0 unspecified atom stereocenters. The van der Waals surface area contributed by atoms with Crippen molar-refractivity contribution in [3.63, 3.8) is 0 Å². The van der Waals surface area contributed by atoms with Crippen LogP contribution in [0.5, 0.6) is 0 Å². The van der Waals surface area contributed by atoms with E-state index in [1.165, 1.54) is 0 Å². The highest BCUT2D eigenvalue weighted by Crippen LogP contribution is 2.21. The third-order valence-corrected chi connectivity index (χ3v) is 5.29. The number of carbonyl (C=O) groups excluding carboxylic acids is 4. The average molecular weight is 429 g/mol. The molecule has 2 aliphatic rings. The number of carbonyl (C=O) groups is 4. The van der Waals surface area contributed by atoms with Crippen molar-refractivity contribution in [2.24, 2.45) is 5.92 Å². The van der Waals surface area contributed by atoms with Crippen LogP contribution >= 0.6 is 0 Å². The van der Waals surface area contributed by atoms with Crippen LogP contribution in [0.25, 0.3) is 0 Å². The van der Waals surface area contributed by atoms with Gasteiger partial charge in [-0.25, -0.2) is 9.59 Å². The molecule has 0 aromatic heterocycles. The van der Waals surface area contributed by atoms with Crippen LogP contribution in [0.1, 0.15) is 25.8 Å². The molecule has 0 bridgehead atoms. The van der Waals surface area contributed by atoms with E-state index >= 15 is 0 Å². The number of rotatable bonds is 8. The van der Waals surface area contributed by atoms with Crippen molar-refractivity contribution in [3.8, 4) is 0 Å². The molecule has 2 N–H and O–H groups in total. The van der Waals surface area contributed by atoms with Crippen molar-refractivity contribution in [2.45, 2.75) is 32.7 Å². The molecule has 31 heavy (non-hydrogen) atoms. The zero-order valence-corrected chi connectivity index (χ0v) is 17.7. The third-order valence-electron chi connectivity index (χ3n) is 5.29. The molecular weight excluding hydrogens is 402 g/mol. The number of urea groups is 1. The van der Waals surface area contributed by atoms with Gasteiger partial charge in [-0.15, -0.1) is 0 Å². The fourth-order valence-electron chi connectivity index (χ4n) is 3.71. The second-order valence-corrected chi connectivity index (χ2v) is 7.52. The van der Waals surface area contributed by atoms with Gasteiger partial charge in [0.25, 0.3) is 0 Å². The molecular formula is C22H27N3O6. The molecule has 0 spiro atoms. The van der Waals surface area contributed by atoms with Crippen molar-refractivity contribution in [3.05, 3.63) is 47.2 Å². The van der Waals surface area contributed by atoms with Gasteiger partial charge in [0, 0.05) is 19.5 Å². The van der Waals surface area contributed by atoms with Crippen molar-refractivity contribution in [2.75, 3.05) is 26.3 Å². The smallest absolute Gasteiger partial charge is 0.338 e. The number of ether oxygens (including phenoxy) is 2. The van der Waals surface area contributed by atoms with Crippen LogP contribution < -0.4 is 10.6 Å². The molecule has 166 valence electrons. The summed E-state index contributed by atoms with van der Waals surface area (Å²) in [6, 6.07) is 8.75. The molecule has 9 heteroatoms. The highest BCUT2D eigenvalue weighted by molar-refractivity contribution is 5.95. The third kappa shape index (κ3) is 5.62. The van der Waals surface area contributed by atoms with Gasteiger partial charge in [0.15, 0.2) is 0 Å². The number of nitrogens with zero attached hydrogens (tertiary/aromatic N) is 1. The molecule has 2 aliphatic heterocycles. The highest BCUT2D eigenvalue weighted by Gasteiger charge is 2.36. The lowest BCUT2D eigenvalue weighted by atomic mass is 10.0. The Morgan fingerprint density at radius 1 is 1.16 bits per heavy atom. The van der Waals surface area contributed by atoms with E-state index in [1.807, 2.05) is 30.3 Å². The Kier molecular flexibility index (Phi) is 7.28. The summed E-state index contributed by atoms with van der Waals surface area (Å²) >= 11 is 0. The van der Waals surface area contributed by atoms with Crippen LogP contribution in [0.2, 0.25) is 0 Å². The maximum absolute atomic E-state index is 12.6. The van der Waals surface area contributed by atoms with Crippen LogP contribution in [0, 0.1) is 5.92 Å². The van der Waals surface area contributed by atoms with Crippen LogP contribution in [-0.2, 0) is 30.3 Å². The van der Waals surface area contributed by atoms with E-state index in [2.05, 4.69) is 10.6 Å². The summed E-state index contributed by atoms with van der Waals surface area (Å²) in [5.41, 5.74) is 1.52. The minimum atomic E-state index is -0.586. The van der Waals surface area contributed by atoms with Gasteiger partial charge < -0.3 is 25.0 Å². The molecule has 1 fully saturated rings. The first-order valence-corrected chi connectivity index (χ1v) is 10.3. The van der Waals surface area contributed by atoms with E-state index in [0.29, 0.717) is 19.5 Å². The molecule has 1 aromatic carbocycles. The Bertz CT molecular complexity index is 882. The number of amides is 3. The molecule has 0 aliphatic carbocycles. The number of esters is 2. The van der Waals surface area contributed by atoms with Gasteiger partial charge in [-0.05, 0) is 25.8 Å². The Labute approximate surface area is 180 Å². The lowest BCUT2D eigenvalue weighted by Gasteiger charge is -2.26. The van der Waals surface area contributed by atoms with Gasteiger partial charge in [0.1, 0.15) is 6.61 Å². The topological polar surface area (TPSA) is 114 Å². The maximum Gasteiger partial charge on any atom is 0.338 e. The van der Waals surface area contributed by atoms with Crippen LogP contribution in [-0.4, -0.2) is 61.1 Å². The second kappa shape index (κ2) is 10.1. The molecule has 9 nitrogen and oxygen atoms in total. The SMILES string of the molecule is CCOC(=O)C1=C(COC(=O)[C@@H]2CC(=O)N(CCc3ccccc3)C2)NC(=O)N[C@H]1C. The highest BCUT2D eigenvalue weighted by atomic mass is 16.5. The lowest BCUT2D eigenvalue weighted by molar-refractivity contribution is -0.148. The first-order valence-electron chi connectivity index (χ1n) is 10.3. The van der Waals surface area contributed by atoms with Gasteiger partial charge in [-0.2, -0.15) is 0 Å². The molecule has 0 radical (unpaired) electrons. The minimum Gasteiger partial charge on any atom is -0.463 e. The number of nitrogens with one attached hydrogen (secondary N) is 2. The Morgan fingerprint density at radius 2 is 1.90 bits per heavy atom. The predicted molar refractivity (Wildman–Crippen MR) is 111 cm³/mol. The first-order chi connectivity index (χ1) is 14.9. The quantitative estimate of drug-likeness (QED) is 0.599. The largest absolute Gasteiger partial charge is 0.463 e. The first kappa shape index (κ1) is 22.3. The molecule has 2 heterocycles. The van der Waals surface area contributed by atoms with Crippen molar-refractivity contribution >= 4 is 23.9 Å². The summed E-state index contributed by atoms with van der Waals surface area (Å²) in [6.45, 7) is 4.05. The van der Waals surface area contributed by atoms with Gasteiger partial charge >= 0.3 is 18.0 Å². The molecule has 0 saturated carbocycles. The van der Waals surface area contributed by atoms with Crippen molar-refractivity contribution < 1.29 is 28.7 Å². The van der Waals surface area contributed by atoms with E-state index < -0.39 is 29.9 Å². The van der Waals surface area contributed by atoms with E-state index in [0.717, 1.165) is 5.56 Å². The van der Waals surface area contributed by atoms with Gasteiger partial charge in [-0.3, -0.25) is 9.59 Å². The van der Waals surface area contributed by atoms with Crippen LogP contribution in [0.15, 0.2) is 41.6 Å². The number of hydrogen-bond donors (Lipinski definition) is 2. The van der Waals surface area contributed by atoms with Crippen molar-refractivity contribution in [1.82, 2.24) is 15.5 Å². The molecule has 1 aromatic rings. The second-order valence-electron chi connectivity index (χ2n) is 7.52. The zero-order chi connectivity index (χ0) is 22.4. The van der Waals surface area contributed by atoms with Gasteiger partial charge in [0.05, 0.1) is 29.8 Å².